The fourth-order valence-electron chi connectivity index (χ4n) is 0.414. The molecule has 0 atom stereocenters. The monoisotopic (exact) mass is 219 g/mol. The third-order valence-electron chi connectivity index (χ3n) is 0.899. The SMILES string of the molecule is C=CC(=O)O.CC(C)OC(=O)NCCO. The smallest absolute Gasteiger partial charge is 0.407 e. The molecule has 0 aliphatic heterocycles. The van der Waals surface area contributed by atoms with Gasteiger partial charge in [-0.3, -0.25) is 0 Å². The molecule has 0 spiro atoms. The summed E-state index contributed by atoms with van der Waals surface area (Å²) in [5.74, 6) is -0.981. The van der Waals surface area contributed by atoms with Gasteiger partial charge in [-0.15, -0.1) is 0 Å². The van der Waals surface area contributed by atoms with Crippen LogP contribution in [0.3, 0.4) is 0 Å². The first-order valence-corrected chi connectivity index (χ1v) is 4.34. The van der Waals surface area contributed by atoms with Gasteiger partial charge in [-0.25, -0.2) is 9.59 Å². The fourth-order valence-corrected chi connectivity index (χ4v) is 0.414. The minimum atomic E-state index is -0.981. The number of carboxylic acids is 1. The van der Waals surface area contributed by atoms with E-state index < -0.39 is 12.1 Å². The zero-order valence-electron chi connectivity index (χ0n) is 8.90. The molecule has 0 aromatic heterocycles. The van der Waals surface area contributed by atoms with Crippen LogP contribution in [0.1, 0.15) is 13.8 Å². The molecule has 0 bridgehead atoms. The highest BCUT2D eigenvalue weighted by molar-refractivity contribution is 5.78. The standard InChI is InChI=1S/C6H13NO3.C3H4O2/c1-5(2)10-6(9)7-3-4-8;1-2-3(4)5/h5,8H,3-4H2,1-2H3,(H,7,9);2H,1H2,(H,4,5). The molecular formula is C9H17NO5. The van der Waals surface area contributed by atoms with Crippen molar-refractivity contribution < 1.29 is 24.5 Å². The van der Waals surface area contributed by atoms with Crippen LogP contribution in [-0.2, 0) is 9.53 Å². The Kier molecular flexibility index (Phi) is 11.1. The van der Waals surface area contributed by atoms with Crippen LogP contribution < -0.4 is 5.32 Å². The minimum Gasteiger partial charge on any atom is -0.478 e. The first kappa shape index (κ1) is 15.9. The summed E-state index contributed by atoms with van der Waals surface area (Å²) in [6.07, 6.45) is 0.239. The lowest BCUT2D eigenvalue weighted by atomic mass is 10.5. The number of amides is 1. The van der Waals surface area contributed by atoms with Crippen molar-refractivity contribution in [3.05, 3.63) is 12.7 Å². The van der Waals surface area contributed by atoms with Gasteiger partial charge in [-0.1, -0.05) is 6.58 Å². The maximum Gasteiger partial charge on any atom is 0.407 e. The number of aliphatic hydroxyl groups excluding tert-OH is 1. The summed E-state index contributed by atoms with van der Waals surface area (Å²) in [7, 11) is 0. The van der Waals surface area contributed by atoms with E-state index in [9.17, 15) is 9.59 Å². The van der Waals surface area contributed by atoms with E-state index in [2.05, 4.69) is 11.9 Å². The average Bonchev–Trinajstić information content (AvgIpc) is 2.14. The Morgan fingerprint density at radius 2 is 2.00 bits per heavy atom. The van der Waals surface area contributed by atoms with Crippen molar-refractivity contribution in [1.82, 2.24) is 5.32 Å². The second-order valence-corrected chi connectivity index (χ2v) is 2.65. The van der Waals surface area contributed by atoms with Gasteiger partial charge in [-0.05, 0) is 13.8 Å². The average molecular weight is 219 g/mol. The van der Waals surface area contributed by atoms with Gasteiger partial charge in [0.05, 0.1) is 12.7 Å². The van der Waals surface area contributed by atoms with Crippen LogP contribution in [0, 0.1) is 0 Å². The first-order valence-electron chi connectivity index (χ1n) is 4.34. The van der Waals surface area contributed by atoms with E-state index in [0.717, 1.165) is 6.08 Å². The molecule has 0 aliphatic rings. The fraction of sp³-hybridized carbons (Fsp3) is 0.556. The quantitative estimate of drug-likeness (QED) is 0.594. The number of hydrogen-bond acceptors (Lipinski definition) is 4. The molecule has 0 rings (SSSR count). The molecule has 0 aromatic rings. The lowest BCUT2D eigenvalue weighted by molar-refractivity contribution is -0.131. The number of carbonyl (C=O) groups is 2. The van der Waals surface area contributed by atoms with Gasteiger partial charge < -0.3 is 20.3 Å². The molecule has 6 heteroatoms. The lowest BCUT2D eigenvalue weighted by Gasteiger charge is -2.07. The van der Waals surface area contributed by atoms with Gasteiger partial charge in [0.15, 0.2) is 0 Å². The molecule has 1 amide bonds. The number of aliphatic hydroxyl groups is 1. The highest BCUT2D eigenvalue weighted by Gasteiger charge is 2.01. The van der Waals surface area contributed by atoms with Crippen LogP contribution >= 0.6 is 0 Å². The van der Waals surface area contributed by atoms with Gasteiger partial charge in [-0.2, -0.15) is 0 Å². The molecule has 0 aromatic carbocycles. The van der Waals surface area contributed by atoms with Crippen molar-refractivity contribution in [2.24, 2.45) is 0 Å². The summed E-state index contributed by atoms with van der Waals surface area (Å²) in [6, 6.07) is 0. The van der Waals surface area contributed by atoms with Crippen LogP contribution in [0.25, 0.3) is 0 Å². The molecule has 88 valence electrons. The number of alkyl carbamates (subject to hydrolysis) is 1. The molecule has 6 nitrogen and oxygen atoms in total. The van der Waals surface area contributed by atoms with Crippen molar-refractivity contribution in [2.45, 2.75) is 20.0 Å². The van der Waals surface area contributed by atoms with Gasteiger partial charge in [0.2, 0.25) is 0 Å². The van der Waals surface area contributed by atoms with E-state index in [1.54, 1.807) is 13.8 Å². The van der Waals surface area contributed by atoms with Crippen molar-refractivity contribution >= 4 is 12.1 Å². The summed E-state index contributed by atoms with van der Waals surface area (Å²) < 4.78 is 4.69. The third kappa shape index (κ3) is 19.0. The summed E-state index contributed by atoms with van der Waals surface area (Å²) >= 11 is 0. The van der Waals surface area contributed by atoms with E-state index in [-0.39, 0.29) is 19.3 Å². The number of aliphatic carboxylic acids is 1. The van der Waals surface area contributed by atoms with Crippen LogP contribution in [0.15, 0.2) is 12.7 Å². The predicted octanol–water partition coefficient (Wildman–Crippen LogP) is 0.370. The largest absolute Gasteiger partial charge is 0.478 e. The first-order chi connectivity index (χ1) is 6.93. The van der Waals surface area contributed by atoms with Crippen LogP contribution in [-0.4, -0.2) is 41.5 Å². The Balaban J connectivity index is 0. The molecule has 0 saturated carbocycles. The van der Waals surface area contributed by atoms with E-state index >= 15 is 0 Å². The maximum atomic E-state index is 10.6. The van der Waals surface area contributed by atoms with Crippen LogP contribution in [0.2, 0.25) is 0 Å². The number of rotatable bonds is 4. The van der Waals surface area contributed by atoms with Gasteiger partial charge in [0.1, 0.15) is 0 Å². The van der Waals surface area contributed by atoms with E-state index in [0.29, 0.717) is 0 Å². The predicted molar refractivity (Wildman–Crippen MR) is 54.5 cm³/mol. The highest BCUT2D eigenvalue weighted by Crippen LogP contribution is 1.86. The Bertz CT molecular complexity index is 203. The van der Waals surface area contributed by atoms with E-state index in [4.69, 9.17) is 14.9 Å². The van der Waals surface area contributed by atoms with E-state index in [1.807, 2.05) is 0 Å². The molecule has 0 heterocycles. The number of carbonyl (C=O) groups excluding carboxylic acids is 1. The Labute approximate surface area is 88.5 Å². The molecule has 15 heavy (non-hydrogen) atoms. The number of nitrogens with one attached hydrogen (secondary N) is 1. The van der Waals surface area contributed by atoms with Crippen LogP contribution in [0.5, 0.6) is 0 Å². The number of carboxylic acid groups (broad SMARTS) is 1. The highest BCUT2D eigenvalue weighted by atomic mass is 16.6. The summed E-state index contributed by atoms with van der Waals surface area (Å²) in [5.41, 5.74) is 0. The summed E-state index contributed by atoms with van der Waals surface area (Å²) in [5, 5.41) is 18.2. The van der Waals surface area contributed by atoms with Crippen molar-refractivity contribution in [3.8, 4) is 0 Å². The molecule has 0 radical (unpaired) electrons. The maximum absolute atomic E-state index is 10.6. The lowest BCUT2D eigenvalue weighted by Crippen LogP contribution is -2.29. The Morgan fingerprint density at radius 1 is 1.53 bits per heavy atom. The van der Waals surface area contributed by atoms with Crippen molar-refractivity contribution in [2.75, 3.05) is 13.2 Å². The summed E-state index contributed by atoms with van der Waals surface area (Å²) in [4.78, 5) is 19.8. The molecule has 0 unspecified atom stereocenters. The number of ether oxygens (including phenoxy) is 1. The number of hydrogen-bond donors (Lipinski definition) is 3. The van der Waals surface area contributed by atoms with Crippen molar-refractivity contribution in [3.63, 3.8) is 0 Å². The third-order valence-corrected chi connectivity index (χ3v) is 0.899. The zero-order valence-corrected chi connectivity index (χ0v) is 8.90. The topological polar surface area (TPSA) is 95.9 Å². The molecular weight excluding hydrogens is 202 g/mol. The normalized spacial score (nSPS) is 8.53. The molecule has 0 saturated heterocycles. The zero-order chi connectivity index (χ0) is 12.3. The van der Waals surface area contributed by atoms with Gasteiger partial charge in [0, 0.05) is 12.6 Å². The Morgan fingerprint density at radius 3 is 2.27 bits per heavy atom. The summed E-state index contributed by atoms with van der Waals surface area (Å²) in [6.45, 7) is 6.66. The van der Waals surface area contributed by atoms with Crippen LogP contribution in [0.4, 0.5) is 4.79 Å². The van der Waals surface area contributed by atoms with E-state index in [1.165, 1.54) is 0 Å². The second kappa shape index (κ2) is 10.5. The molecule has 0 fully saturated rings. The molecule has 3 N–H and O–H groups in total. The Hall–Kier alpha value is -1.56. The minimum absolute atomic E-state index is 0.0623. The second-order valence-electron chi connectivity index (χ2n) is 2.65. The van der Waals surface area contributed by atoms with Gasteiger partial charge >= 0.3 is 12.1 Å². The van der Waals surface area contributed by atoms with Crippen molar-refractivity contribution in [1.29, 1.82) is 0 Å². The molecule has 0 aliphatic carbocycles. The van der Waals surface area contributed by atoms with Gasteiger partial charge in [0.25, 0.3) is 0 Å².